The maximum absolute atomic E-state index is 12.7. The van der Waals surface area contributed by atoms with Gasteiger partial charge in [-0.2, -0.15) is 0 Å². The molecule has 0 aliphatic carbocycles. The summed E-state index contributed by atoms with van der Waals surface area (Å²) in [5, 5.41) is 2.79. The van der Waals surface area contributed by atoms with Gasteiger partial charge in [0.2, 0.25) is 10.0 Å². The largest absolute Gasteiger partial charge is 0.469 e. The fourth-order valence-corrected chi connectivity index (χ4v) is 3.71. The molecule has 0 radical (unpaired) electrons. The molecule has 0 saturated heterocycles. The van der Waals surface area contributed by atoms with E-state index in [4.69, 9.17) is 4.74 Å². The molecule has 0 heterocycles. The summed E-state index contributed by atoms with van der Waals surface area (Å²) in [5.74, 6) is -0.947. The zero-order chi connectivity index (χ0) is 20.7. The zero-order valence-corrected chi connectivity index (χ0v) is 16.9. The summed E-state index contributed by atoms with van der Waals surface area (Å²) in [6, 6.07) is 12.6. The number of aryl methyl sites for hydroxylation is 1. The van der Waals surface area contributed by atoms with E-state index in [2.05, 4.69) is 10.0 Å². The smallest absolute Gasteiger partial charge is 0.307 e. The summed E-state index contributed by atoms with van der Waals surface area (Å²) < 4.78 is 31.4. The van der Waals surface area contributed by atoms with Crippen LogP contribution in [0.3, 0.4) is 0 Å². The predicted octanol–water partition coefficient (Wildman–Crippen LogP) is 2.33. The minimum Gasteiger partial charge on any atom is -0.469 e. The Morgan fingerprint density at radius 2 is 1.79 bits per heavy atom. The van der Waals surface area contributed by atoms with Crippen molar-refractivity contribution in [2.45, 2.75) is 31.2 Å². The summed E-state index contributed by atoms with van der Waals surface area (Å²) in [6.07, 6.45) is -0.0410. The molecule has 2 N–H and O–H groups in total. The zero-order valence-electron chi connectivity index (χ0n) is 16.1. The Balaban J connectivity index is 2.28. The van der Waals surface area contributed by atoms with Crippen LogP contribution in [-0.2, 0) is 19.6 Å². The van der Waals surface area contributed by atoms with Crippen LogP contribution in [0.15, 0.2) is 53.4 Å². The van der Waals surface area contributed by atoms with Gasteiger partial charge in [0.05, 0.1) is 24.5 Å². The molecule has 7 nitrogen and oxygen atoms in total. The average Bonchev–Trinajstić information content (AvgIpc) is 2.68. The van der Waals surface area contributed by atoms with E-state index in [1.54, 1.807) is 6.92 Å². The molecular formula is C20H24N2O5S. The van der Waals surface area contributed by atoms with Crippen LogP contribution < -0.4 is 10.0 Å². The van der Waals surface area contributed by atoms with Crippen LogP contribution in [0, 0.1) is 6.92 Å². The SMILES string of the molecule is CCNS(=O)(=O)c1cccc(C(=O)NC(CC(=O)OC)c2ccc(C)cc2)c1. The molecule has 2 aromatic carbocycles. The summed E-state index contributed by atoms with van der Waals surface area (Å²) in [6.45, 7) is 3.86. The number of esters is 1. The highest BCUT2D eigenvalue weighted by Gasteiger charge is 2.21. The van der Waals surface area contributed by atoms with Gasteiger partial charge in [-0.05, 0) is 30.7 Å². The normalized spacial score (nSPS) is 12.2. The van der Waals surface area contributed by atoms with E-state index in [0.29, 0.717) is 0 Å². The molecule has 1 atom stereocenters. The third-order valence-corrected chi connectivity index (χ3v) is 5.67. The lowest BCUT2D eigenvalue weighted by Gasteiger charge is -2.19. The first-order valence-corrected chi connectivity index (χ1v) is 10.3. The molecule has 1 unspecified atom stereocenters. The summed E-state index contributed by atoms with van der Waals surface area (Å²) in [4.78, 5) is 24.5. The van der Waals surface area contributed by atoms with Crippen LogP contribution in [0.1, 0.15) is 40.9 Å². The molecule has 0 saturated carbocycles. The van der Waals surface area contributed by atoms with Crippen molar-refractivity contribution in [2.24, 2.45) is 0 Å². The van der Waals surface area contributed by atoms with Gasteiger partial charge < -0.3 is 10.1 Å². The quantitative estimate of drug-likeness (QED) is 0.658. The highest BCUT2D eigenvalue weighted by molar-refractivity contribution is 7.89. The Morgan fingerprint density at radius 1 is 1.11 bits per heavy atom. The van der Waals surface area contributed by atoms with Crippen LogP contribution in [0.25, 0.3) is 0 Å². The second-order valence-corrected chi connectivity index (χ2v) is 8.01. The molecular weight excluding hydrogens is 380 g/mol. The van der Waals surface area contributed by atoms with Crippen LogP contribution in [-0.4, -0.2) is 33.9 Å². The standard InChI is InChI=1S/C20H24N2O5S/c1-4-21-28(25,26)17-7-5-6-16(12-17)20(24)22-18(13-19(23)27-3)15-10-8-14(2)9-11-15/h5-12,18,21H,4,13H2,1-3H3,(H,22,24). The van der Waals surface area contributed by atoms with E-state index in [-0.39, 0.29) is 23.4 Å². The second kappa shape index (κ2) is 9.48. The fourth-order valence-electron chi connectivity index (χ4n) is 2.62. The van der Waals surface area contributed by atoms with Crippen molar-refractivity contribution in [3.8, 4) is 0 Å². The van der Waals surface area contributed by atoms with Gasteiger partial charge >= 0.3 is 5.97 Å². The topological polar surface area (TPSA) is 102 Å². The maximum Gasteiger partial charge on any atom is 0.307 e. The molecule has 150 valence electrons. The minimum absolute atomic E-state index is 0.00172. The van der Waals surface area contributed by atoms with Crippen molar-refractivity contribution in [1.29, 1.82) is 0 Å². The molecule has 1 amide bonds. The Hall–Kier alpha value is -2.71. The van der Waals surface area contributed by atoms with Crippen molar-refractivity contribution < 1.29 is 22.7 Å². The average molecular weight is 404 g/mol. The van der Waals surface area contributed by atoms with E-state index >= 15 is 0 Å². The lowest BCUT2D eigenvalue weighted by molar-refractivity contribution is -0.141. The molecule has 0 aromatic heterocycles. The number of hydrogen-bond donors (Lipinski definition) is 2. The molecule has 0 aliphatic rings. The number of ether oxygens (including phenoxy) is 1. The van der Waals surface area contributed by atoms with Gasteiger partial charge in [-0.1, -0.05) is 42.8 Å². The van der Waals surface area contributed by atoms with Crippen molar-refractivity contribution in [3.05, 3.63) is 65.2 Å². The van der Waals surface area contributed by atoms with Gasteiger partial charge in [0.25, 0.3) is 5.91 Å². The molecule has 0 fully saturated rings. The molecule has 8 heteroatoms. The first-order chi connectivity index (χ1) is 13.3. The molecule has 0 bridgehead atoms. The van der Waals surface area contributed by atoms with Gasteiger partial charge in [-0.25, -0.2) is 13.1 Å². The summed E-state index contributed by atoms with van der Waals surface area (Å²) in [7, 11) is -2.40. The highest BCUT2D eigenvalue weighted by Crippen LogP contribution is 2.20. The van der Waals surface area contributed by atoms with Gasteiger partial charge in [0, 0.05) is 12.1 Å². The summed E-state index contributed by atoms with van der Waals surface area (Å²) in [5.41, 5.74) is 1.98. The molecule has 28 heavy (non-hydrogen) atoms. The van der Waals surface area contributed by atoms with Gasteiger partial charge in [0.15, 0.2) is 0 Å². The molecule has 2 rings (SSSR count). The van der Waals surface area contributed by atoms with Crippen molar-refractivity contribution >= 4 is 21.9 Å². The van der Waals surface area contributed by atoms with Crippen molar-refractivity contribution in [1.82, 2.24) is 10.0 Å². The number of rotatable bonds is 8. The maximum atomic E-state index is 12.7. The van der Waals surface area contributed by atoms with Gasteiger partial charge in [-0.3, -0.25) is 9.59 Å². The summed E-state index contributed by atoms with van der Waals surface area (Å²) >= 11 is 0. The third kappa shape index (κ3) is 5.64. The van der Waals surface area contributed by atoms with E-state index < -0.39 is 27.9 Å². The second-order valence-electron chi connectivity index (χ2n) is 6.25. The number of hydrogen-bond acceptors (Lipinski definition) is 5. The monoisotopic (exact) mass is 404 g/mol. The fraction of sp³-hybridized carbons (Fsp3) is 0.300. The molecule has 0 spiro atoms. The highest BCUT2D eigenvalue weighted by atomic mass is 32.2. The first kappa shape index (κ1) is 21.6. The van der Waals surface area contributed by atoms with E-state index in [1.165, 1.54) is 31.4 Å². The lowest BCUT2D eigenvalue weighted by Crippen LogP contribution is -2.31. The van der Waals surface area contributed by atoms with Crippen LogP contribution >= 0.6 is 0 Å². The van der Waals surface area contributed by atoms with Crippen LogP contribution in [0.2, 0.25) is 0 Å². The number of nitrogens with one attached hydrogen (secondary N) is 2. The Bertz CT molecular complexity index is 939. The molecule has 0 aliphatic heterocycles. The Labute approximate surface area is 165 Å². The number of sulfonamides is 1. The lowest BCUT2D eigenvalue weighted by atomic mass is 10.0. The predicted molar refractivity (Wildman–Crippen MR) is 105 cm³/mol. The van der Waals surface area contributed by atoms with Gasteiger partial charge in [0.1, 0.15) is 0 Å². The number of amides is 1. The third-order valence-electron chi connectivity index (χ3n) is 4.12. The minimum atomic E-state index is -3.68. The first-order valence-electron chi connectivity index (χ1n) is 8.80. The van der Waals surface area contributed by atoms with Crippen LogP contribution in [0.4, 0.5) is 0 Å². The Kier molecular flexibility index (Phi) is 7.31. The van der Waals surface area contributed by atoms with E-state index in [1.807, 2.05) is 31.2 Å². The number of carbonyl (C=O) groups is 2. The van der Waals surface area contributed by atoms with Gasteiger partial charge in [-0.15, -0.1) is 0 Å². The van der Waals surface area contributed by atoms with Crippen molar-refractivity contribution in [2.75, 3.05) is 13.7 Å². The number of methoxy groups -OCH3 is 1. The molecule has 2 aromatic rings. The van der Waals surface area contributed by atoms with E-state index in [9.17, 15) is 18.0 Å². The van der Waals surface area contributed by atoms with Crippen LogP contribution in [0.5, 0.6) is 0 Å². The van der Waals surface area contributed by atoms with Crippen molar-refractivity contribution in [3.63, 3.8) is 0 Å². The number of benzene rings is 2. The Morgan fingerprint density at radius 3 is 2.39 bits per heavy atom. The number of carbonyl (C=O) groups excluding carboxylic acids is 2. The van der Waals surface area contributed by atoms with E-state index in [0.717, 1.165) is 11.1 Å².